The monoisotopic (exact) mass is 265 g/mol. The minimum Gasteiger partial charge on any atom is -0.464 e. The first-order chi connectivity index (χ1) is 8.99. The molecular weight excluding hydrogens is 246 g/mol. The predicted molar refractivity (Wildman–Crippen MR) is 68.8 cm³/mol. The topological polar surface area (TPSA) is 73.3 Å². The van der Waals surface area contributed by atoms with Gasteiger partial charge in [0.15, 0.2) is 11.5 Å². The van der Waals surface area contributed by atoms with Crippen LogP contribution >= 0.6 is 0 Å². The molecule has 0 amide bonds. The van der Waals surface area contributed by atoms with E-state index in [0.717, 1.165) is 24.2 Å². The zero-order valence-electron chi connectivity index (χ0n) is 11.7. The molecule has 0 fully saturated rings. The number of ether oxygens (including phenoxy) is 2. The van der Waals surface area contributed by atoms with Gasteiger partial charge < -0.3 is 14.8 Å². The molecule has 1 aliphatic rings. The van der Waals surface area contributed by atoms with Gasteiger partial charge in [-0.2, -0.15) is 0 Å². The Morgan fingerprint density at radius 3 is 2.68 bits per heavy atom. The molecule has 0 spiro atoms. The number of carbonyl (C=O) groups is 1. The second kappa shape index (κ2) is 5.22. The summed E-state index contributed by atoms with van der Waals surface area (Å²) < 4.78 is 10.2. The van der Waals surface area contributed by atoms with Crippen LogP contribution in [0.5, 0.6) is 0 Å². The van der Waals surface area contributed by atoms with Gasteiger partial charge in [0.05, 0.1) is 12.8 Å². The number of methoxy groups -OCH3 is 2. The molecule has 1 N–H and O–H groups in total. The highest BCUT2D eigenvalue weighted by Crippen LogP contribution is 2.24. The van der Waals surface area contributed by atoms with Gasteiger partial charge in [0.1, 0.15) is 5.60 Å². The third kappa shape index (κ3) is 2.59. The number of hydrogen-bond donors (Lipinski definition) is 1. The van der Waals surface area contributed by atoms with E-state index < -0.39 is 11.6 Å². The molecule has 0 saturated carbocycles. The van der Waals surface area contributed by atoms with E-state index >= 15 is 0 Å². The van der Waals surface area contributed by atoms with Crippen LogP contribution in [0.2, 0.25) is 0 Å². The average molecular weight is 265 g/mol. The average Bonchev–Trinajstić information content (AvgIpc) is 2.45. The Labute approximate surface area is 112 Å². The summed E-state index contributed by atoms with van der Waals surface area (Å²) in [5.41, 5.74) is 1.44. The van der Waals surface area contributed by atoms with Crippen molar-refractivity contribution in [1.82, 2.24) is 15.3 Å². The molecule has 0 unspecified atom stereocenters. The maximum atomic E-state index is 11.9. The molecular formula is C13H19N3O3. The zero-order chi connectivity index (χ0) is 14.0. The van der Waals surface area contributed by atoms with Crippen LogP contribution in [0.3, 0.4) is 0 Å². The first kappa shape index (κ1) is 13.9. The van der Waals surface area contributed by atoms with Crippen LogP contribution in [0.1, 0.15) is 41.4 Å². The van der Waals surface area contributed by atoms with Crippen LogP contribution in [0.4, 0.5) is 0 Å². The summed E-state index contributed by atoms with van der Waals surface area (Å²) in [6, 6.07) is 0. The lowest BCUT2D eigenvalue weighted by Gasteiger charge is -2.25. The summed E-state index contributed by atoms with van der Waals surface area (Å²) in [6.07, 6.45) is 0.730. The molecule has 0 aromatic carbocycles. The second-order valence-electron chi connectivity index (χ2n) is 4.95. The van der Waals surface area contributed by atoms with E-state index in [1.165, 1.54) is 7.11 Å². The minimum atomic E-state index is -0.644. The number of carbonyl (C=O) groups excluding carboxylic acids is 1. The van der Waals surface area contributed by atoms with E-state index in [9.17, 15) is 4.79 Å². The summed E-state index contributed by atoms with van der Waals surface area (Å²) in [4.78, 5) is 20.8. The zero-order valence-corrected chi connectivity index (χ0v) is 11.7. The van der Waals surface area contributed by atoms with Crippen LogP contribution in [0.15, 0.2) is 0 Å². The Hall–Kier alpha value is -1.53. The molecule has 6 nitrogen and oxygen atoms in total. The summed E-state index contributed by atoms with van der Waals surface area (Å²) in [7, 11) is 2.96. The fraction of sp³-hybridized carbons (Fsp3) is 0.615. The molecule has 0 bridgehead atoms. The third-order valence-electron chi connectivity index (χ3n) is 3.36. The number of hydrogen-bond acceptors (Lipinski definition) is 6. The first-order valence-electron chi connectivity index (χ1n) is 6.24. The van der Waals surface area contributed by atoms with E-state index in [-0.39, 0.29) is 0 Å². The normalized spacial score (nSPS) is 14.9. The Bertz CT molecular complexity index is 500. The fourth-order valence-corrected chi connectivity index (χ4v) is 1.99. The number of fused-ring (bicyclic) bond motifs is 1. The van der Waals surface area contributed by atoms with Crippen molar-refractivity contribution >= 4 is 5.97 Å². The van der Waals surface area contributed by atoms with Crippen molar-refractivity contribution < 1.29 is 14.3 Å². The Kier molecular flexibility index (Phi) is 3.82. The summed E-state index contributed by atoms with van der Waals surface area (Å²) in [5.74, 6) is 0.0755. The molecule has 2 heterocycles. The van der Waals surface area contributed by atoms with Crippen molar-refractivity contribution in [3.8, 4) is 0 Å². The van der Waals surface area contributed by atoms with E-state index in [2.05, 4.69) is 15.3 Å². The maximum absolute atomic E-state index is 11.9. The van der Waals surface area contributed by atoms with Crippen molar-refractivity contribution in [3.63, 3.8) is 0 Å². The van der Waals surface area contributed by atoms with Gasteiger partial charge in [-0.3, -0.25) is 0 Å². The van der Waals surface area contributed by atoms with Gasteiger partial charge in [0, 0.05) is 19.2 Å². The molecule has 19 heavy (non-hydrogen) atoms. The van der Waals surface area contributed by atoms with Crippen molar-refractivity contribution in [1.29, 1.82) is 0 Å². The van der Waals surface area contributed by atoms with E-state index in [0.29, 0.717) is 18.1 Å². The molecule has 1 aromatic heterocycles. The number of aromatic nitrogens is 2. The summed E-state index contributed by atoms with van der Waals surface area (Å²) in [5, 5.41) is 3.24. The molecule has 0 atom stereocenters. The van der Waals surface area contributed by atoms with E-state index in [1.54, 1.807) is 7.11 Å². The number of nitrogens with zero attached hydrogens (tertiary/aromatic N) is 2. The highest BCUT2D eigenvalue weighted by molar-refractivity contribution is 5.89. The summed E-state index contributed by atoms with van der Waals surface area (Å²) in [6.45, 7) is 5.18. The number of nitrogens with one attached hydrogen (secondary N) is 1. The van der Waals surface area contributed by atoms with Crippen LogP contribution in [-0.4, -0.2) is 36.7 Å². The van der Waals surface area contributed by atoms with E-state index in [1.807, 2.05) is 13.8 Å². The Morgan fingerprint density at radius 1 is 1.32 bits per heavy atom. The van der Waals surface area contributed by atoms with Crippen molar-refractivity contribution in [2.75, 3.05) is 20.8 Å². The van der Waals surface area contributed by atoms with Gasteiger partial charge in [0.2, 0.25) is 0 Å². The largest absolute Gasteiger partial charge is 0.464 e. The molecule has 1 aromatic rings. The molecule has 6 heteroatoms. The van der Waals surface area contributed by atoms with Crippen molar-refractivity contribution in [2.24, 2.45) is 0 Å². The molecule has 2 rings (SSSR count). The van der Waals surface area contributed by atoms with Gasteiger partial charge in [-0.15, -0.1) is 0 Å². The second-order valence-corrected chi connectivity index (χ2v) is 4.95. The highest BCUT2D eigenvalue weighted by atomic mass is 16.5. The molecule has 0 radical (unpaired) electrons. The smallest absolute Gasteiger partial charge is 0.357 e. The standard InChI is InChI=1S/C13H19N3O3/c1-13(2,19-4)12-15-9-7-14-6-5-8(9)10(16-12)11(17)18-3/h14H,5-7H2,1-4H3. The molecule has 1 aliphatic heterocycles. The summed E-state index contributed by atoms with van der Waals surface area (Å²) >= 11 is 0. The molecule has 104 valence electrons. The van der Waals surface area contributed by atoms with Gasteiger partial charge in [-0.05, 0) is 26.8 Å². The number of esters is 1. The van der Waals surface area contributed by atoms with E-state index in [4.69, 9.17) is 9.47 Å². The molecule has 0 saturated heterocycles. The van der Waals surface area contributed by atoms with Crippen LogP contribution in [0, 0.1) is 0 Å². The van der Waals surface area contributed by atoms with Crippen LogP contribution < -0.4 is 5.32 Å². The predicted octanol–water partition coefficient (Wildman–Crippen LogP) is 0.790. The third-order valence-corrected chi connectivity index (χ3v) is 3.36. The van der Waals surface area contributed by atoms with Crippen molar-refractivity contribution in [2.45, 2.75) is 32.4 Å². The lowest BCUT2D eigenvalue weighted by molar-refractivity contribution is 0.0108. The SMILES string of the molecule is COC(=O)c1nc(C(C)(C)OC)nc2c1CCNC2. The minimum absolute atomic E-state index is 0.356. The first-order valence-corrected chi connectivity index (χ1v) is 6.24. The van der Waals surface area contributed by atoms with Crippen LogP contribution in [-0.2, 0) is 28.0 Å². The highest BCUT2D eigenvalue weighted by Gasteiger charge is 2.29. The maximum Gasteiger partial charge on any atom is 0.357 e. The lowest BCUT2D eigenvalue weighted by atomic mass is 10.0. The van der Waals surface area contributed by atoms with Crippen LogP contribution in [0.25, 0.3) is 0 Å². The Balaban J connectivity index is 2.57. The van der Waals surface area contributed by atoms with Crippen molar-refractivity contribution in [3.05, 3.63) is 22.8 Å². The fourth-order valence-electron chi connectivity index (χ4n) is 1.99. The Morgan fingerprint density at radius 2 is 2.05 bits per heavy atom. The van der Waals surface area contributed by atoms with Gasteiger partial charge in [-0.1, -0.05) is 0 Å². The van der Waals surface area contributed by atoms with Gasteiger partial charge in [-0.25, -0.2) is 14.8 Å². The quantitative estimate of drug-likeness (QED) is 0.815. The van der Waals surface area contributed by atoms with Gasteiger partial charge >= 0.3 is 5.97 Å². The number of rotatable bonds is 3. The lowest BCUT2D eigenvalue weighted by Crippen LogP contribution is -2.32. The van der Waals surface area contributed by atoms with Gasteiger partial charge in [0.25, 0.3) is 0 Å². The molecule has 0 aliphatic carbocycles.